The summed E-state index contributed by atoms with van der Waals surface area (Å²) in [6, 6.07) is -0.436. The molecule has 2 fully saturated rings. The van der Waals surface area contributed by atoms with Gasteiger partial charge in [0.25, 0.3) is 0 Å². The maximum absolute atomic E-state index is 12.4. The van der Waals surface area contributed by atoms with Gasteiger partial charge in [0.1, 0.15) is 6.04 Å². The van der Waals surface area contributed by atoms with Crippen LogP contribution >= 0.6 is 0 Å². The van der Waals surface area contributed by atoms with Gasteiger partial charge >= 0.3 is 0 Å². The fourth-order valence-electron chi connectivity index (χ4n) is 3.20. The van der Waals surface area contributed by atoms with Crippen molar-refractivity contribution >= 4 is 11.8 Å². The second-order valence-corrected chi connectivity index (χ2v) is 5.92. The van der Waals surface area contributed by atoms with E-state index < -0.39 is 11.5 Å². The van der Waals surface area contributed by atoms with Gasteiger partial charge in [0.05, 0.1) is 5.41 Å². The Kier molecular flexibility index (Phi) is 4.45. The van der Waals surface area contributed by atoms with Crippen LogP contribution < -0.4 is 11.1 Å². The molecule has 0 spiro atoms. The molecule has 1 saturated heterocycles. The molecule has 3 N–H and O–H groups in total. The van der Waals surface area contributed by atoms with Gasteiger partial charge in [-0.25, -0.2) is 0 Å². The normalized spacial score (nSPS) is 23.4. The fraction of sp³-hybridized carbons (Fsp3) is 0.857. The summed E-state index contributed by atoms with van der Waals surface area (Å²) in [6.45, 7) is 3.79. The van der Waals surface area contributed by atoms with Crippen molar-refractivity contribution in [1.29, 1.82) is 0 Å². The number of rotatable bonds is 4. The Bertz CT molecular complexity index is 345. The van der Waals surface area contributed by atoms with Gasteiger partial charge in [-0.2, -0.15) is 0 Å². The van der Waals surface area contributed by atoms with Gasteiger partial charge in [-0.1, -0.05) is 12.8 Å². The van der Waals surface area contributed by atoms with Gasteiger partial charge in [-0.15, -0.1) is 0 Å². The van der Waals surface area contributed by atoms with Gasteiger partial charge < -0.3 is 16.0 Å². The van der Waals surface area contributed by atoms with Gasteiger partial charge in [0.15, 0.2) is 0 Å². The van der Waals surface area contributed by atoms with Crippen LogP contribution in [0.15, 0.2) is 0 Å². The topological polar surface area (TPSA) is 75.4 Å². The lowest BCUT2D eigenvalue weighted by molar-refractivity contribution is -0.138. The minimum Gasteiger partial charge on any atom is -0.344 e. The molecule has 19 heavy (non-hydrogen) atoms. The lowest BCUT2D eigenvalue weighted by Crippen LogP contribution is -2.52. The number of nitrogens with one attached hydrogen (secondary N) is 1. The quantitative estimate of drug-likeness (QED) is 0.784. The first-order valence-corrected chi connectivity index (χ1v) is 7.39. The minimum atomic E-state index is -0.436. The summed E-state index contributed by atoms with van der Waals surface area (Å²) in [4.78, 5) is 26.4. The second kappa shape index (κ2) is 5.90. The number of nitrogens with zero attached hydrogens (tertiary/aromatic N) is 1. The Morgan fingerprint density at radius 2 is 1.79 bits per heavy atom. The summed E-state index contributed by atoms with van der Waals surface area (Å²) in [6.07, 6.45) is 5.94. The minimum absolute atomic E-state index is 0.0347. The Balaban J connectivity index is 1.92. The van der Waals surface area contributed by atoms with Crippen LogP contribution in [0.25, 0.3) is 0 Å². The SMILES string of the molecule is CC(NC(=O)C1(CN)CCCC1)C(=O)N1CCCC1. The van der Waals surface area contributed by atoms with E-state index in [1.807, 2.05) is 4.90 Å². The molecule has 1 saturated carbocycles. The summed E-state index contributed by atoms with van der Waals surface area (Å²) >= 11 is 0. The summed E-state index contributed by atoms with van der Waals surface area (Å²) in [5.41, 5.74) is 5.36. The first kappa shape index (κ1) is 14.3. The first-order valence-electron chi connectivity index (χ1n) is 7.39. The van der Waals surface area contributed by atoms with Gasteiger partial charge in [-0.05, 0) is 32.6 Å². The zero-order valence-electron chi connectivity index (χ0n) is 11.8. The molecule has 2 amide bonds. The molecule has 2 rings (SSSR count). The van der Waals surface area contributed by atoms with E-state index in [1.165, 1.54) is 0 Å². The third kappa shape index (κ3) is 2.91. The van der Waals surface area contributed by atoms with Crippen LogP contribution in [0.2, 0.25) is 0 Å². The van der Waals surface area contributed by atoms with Gasteiger partial charge in [0.2, 0.25) is 11.8 Å². The highest BCUT2D eigenvalue weighted by Crippen LogP contribution is 2.37. The maximum Gasteiger partial charge on any atom is 0.244 e. The molecule has 1 atom stereocenters. The number of likely N-dealkylation sites (tertiary alicyclic amines) is 1. The largest absolute Gasteiger partial charge is 0.344 e. The average molecular weight is 267 g/mol. The van der Waals surface area contributed by atoms with Crippen molar-refractivity contribution in [1.82, 2.24) is 10.2 Å². The highest BCUT2D eigenvalue weighted by molar-refractivity contribution is 5.90. The Labute approximate surface area is 114 Å². The van der Waals surface area contributed by atoms with Crippen molar-refractivity contribution < 1.29 is 9.59 Å². The first-order chi connectivity index (χ1) is 9.09. The van der Waals surface area contributed by atoms with Crippen LogP contribution in [-0.2, 0) is 9.59 Å². The Morgan fingerprint density at radius 3 is 2.32 bits per heavy atom. The molecule has 1 heterocycles. The fourth-order valence-corrected chi connectivity index (χ4v) is 3.20. The van der Waals surface area contributed by atoms with Crippen LogP contribution in [0, 0.1) is 5.41 Å². The molecular formula is C14H25N3O2. The molecule has 108 valence electrons. The Morgan fingerprint density at radius 1 is 1.21 bits per heavy atom. The standard InChI is InChI=1S/C14H25N3O2/c1-11(12(18)17-8-4-5-9-17)16-13(19)14(10-15)6-2-3-7-14/h11H,2-10,15H2,1H3,(H,16,19). The predicted octanol–water partition coefficient (Wildman–Crippen LogP) is 0.633. The molecule has 0 aromatic rings. The maximum atomic E-state index is 12.4. The third-order valence-electron chi connectivity index (χ3n) is 4.57. The molecule has 2 aliphatic rings. The monoisotopic (exact) mass is 267 g/mol. The zero-order valence-corrected chi connectivity index (χ0v) is 11.8. The second-order valence-electron chi connectivity index (χ2n) is 5.92. The van der Waals surface area contributed by atoms with Crippen LogP contribution in [0.5, 0.6) is 0 Å². The number of amides is 2. The van der Waals surface area contributed by atoms with E-state index >= 15 is 0 Å². The molecular weight excluding hydrogens is 242 g/mol. The van der Waals surface area contributed by atoms with Crippen molar-refractivity contribution in [3.05, 3.63) is 0 Å². The van der Waals surface area contributed by atoms with E-state index in [4.69, 9.17) is 5.73 Å². The predicted molar refractivity (Wildman–Crippen MR) is 73.4 cm³/mol. The number of hydrogen-bond donors (Lipinski definition) is 2. The van der Waals surface area contributed by atoms with Crippen molar-refractivity contribution in [2.24, 2.45) is 11.1 Å². The lowest BCUT2D eigenvalue weighted by atomic mass is 9.85. The Hall–Kier alpha value is -1.10. The van der Waals surface area contributed by atoms with E-state index in [2.05, 4.69) is 5.32 Å². The van der Waals surface area contributed by atoms with Crippen molar-refractivity contribution in [3.8, 4) is 0 Å². The number of nitrogens with two attached hydrogens (primary N) is 1. The van der Waals surface area contributed by atoms with E-state index in [-0.39, 0.29) is 11.8 Å². The van der Waals surface area contributed by atoms with Gasteiger partial charge in [0, 0.05) is 19.6 Å². The van der Waals surface area contributed by atoms with Crippen LogP contribution in [-0.4, -0.2) is 42.4 Å². The summed E-state index contributed by atoms with van der Waals surface area (Å²) in [7, 11) is 0. The number of carbonyl (C=O) groups is 2. The molecule has 1 unspecified atom stereocenters. The molecule has 1 aliphatic carbocycles. The highest BCUT2D eigenvalue weighted by atomic mass is 16.2. The third-order valence-corrected chi connectivity index (χ3v) is 4.57. The van der Waals surface area contributed by atoms with Crippen molar-refractivity contribution in [3.63, 3.8) is 0 Å². The lowest BCUT2D eigenvalue weighted by Gasteiger charge is -2.29. The molecule has 0 radical (unpaired) electrons. The van der Waals surface area contributed by atoms with Crippen LogP contribution in [0.1, 0.15) is 45.4 Å². The van der Waals surface area contributed by atoms with E-state index in [0.29, 0.717) is 6.54 Å². The molecule has 1 aliphatic heterocycles. The molecule has 5 heteroatoms. The summed E-state index contributed by atoms with van der Waals surface area (Å²) in [5, 5.41) is 2.88. The van der Waals surface area contributed by atoms with E-state index in [9.17, 15) is 9.59 Å². The number of carbonyl (C=O) groups excluding carboxylic acids is 2. The summed E-state index contributed by atoms with van der Waals surface area (Å²) < 4.78 is 0. The van der Waals surface area contributed by atoms with Crippen LogP contribution in [0.3, 0.4) is 0 Å². The van der Waals surface area contributed by atoms with Crippen molar-refractivity contribution in [2.75, 3.05) is 19.6 Å². The van der Waals surface area contributed by atoms with E-state index in [0.717, 1.165) is 51.6 Å². The van der Waals surface area contributed by atoms with Crippen LogP contribution in [0.4, 0.5) is 0 Å². The summed E-state index contributed by atoms with van der Waals surface area (Å²) in [5.74, 6) is 0.00330. The molecule has 5 nitrogen and oxygen atoms in total. The number of hydrogen-bond acceptors (Lipinski definition) is 3. The van der Waals surface area contributed by atoms with Gasteiger partial charge in [-0.3, -0.25) is 9.59 Å². The molecule has 0 aromatic heterocycles. The smallest absolute Gasteiger partial charge is 0.244 e. The molecule has 0 bridgehead atoms. The highest BCUT2D eigenvalue weighted by Gasteiger charge is 2.41. The zero-order chi connectivity index (χ0) is 13.9. The van der Waals surface area contributed by atoms with E-state index in [1.54, 1.807) is 6.92 Å². The average Bonchev–Trinajstić information content (AvgIpc) is 3.09. The molecule has 0 aromatic carbocycles. The van der Waals surface area contributed by atoms with Crippen molar-refractivity contribution in [2.45, 2.75) is 51.5 Å².